The minimum absolute atomic E-state index is 0.290. The molecule has 17 heavy (non-hydrogen) atoms. The highest BCUT2D eigenvalue weighted by Crippen LogP contribution is 2.23. The summed E-state index contributed by atoms with van der Waals surface area (Å²) < 4.78 is 15.6. The third-order valence-corrected chi connectivity index (χ3v) is 2.75. The van der Waals surface area contributed by atoms with E-state index in [0.717, 1.165) is 5.56 Å². The van der Waals surface area contributed by atoms with E-state index in [0.29, 0.717) is 11.4 Å². The molecule has 0 saturated heterocycles. The molecule has 1 unspecified atom stereocenters. The molecule has 0 bridgehead atoms. The number of aryl methyl sites for hydroxylation is 2. The molecule has 0 aliphatic rings. The number of hydrogen-bond acceptors (Lipinski definition) is 3. The normalized spacial score (nSPS) is 12.7. The molecule has 1 heterocycles. The lowest BCUT2D eigenvalue weighted by Gasteiger charge is -2.17. The van der Waals surface area contributed by atoms with Crippen LogP contribution in [0.1, 0.15) is 23.0 Å². The van der Waals surface area contributed by atoms with E-state index in [9.17, 15) is 4.39 Å². The van der Waals surface area contributed by atoms with Gasteiger partial charge in [-0.3, -0.25) is 5.84 Å². The van der Waals surface area contributed by atoms with Crippen molar-refractivity contribution in [2.24, 2.45) is 12.9 Å². The van der Waals surface area contributed by atoms with Crippen LogP contribution in [0.25, 0.3) is 0 Å². The maximum Gasteiger partial charge on any atom is 0.131 e. The second-order valence-electron chi connectivity index (χ2n) is 4.02. The highest BCUT2D eigenvalue weighted by atomic mass is 19.1. The summed E-state index contributed by atoms with van der Waals surface area (Å²) in [5.74, 6) is 5.90. The van der Waals surface area contributed by atoms with E-state index < -0.39 is 6.04 Å². The van der Waals surface area contributed by atoms with Crippen molar-refractivity contribution in [1.29, 1.82) is 0 Å². The first kappa shape index (κ1) is 11.8. The lowest BCUT2D eigenvalue weighted by molar-refractivity contribution is 0.532. The van der Waals surface area contributed by atoms with Crippen LogP contribution in [0.15, 0.2) is 30.6 Å². The van der Waals surface area contributed by atoms with Crippen molar-refractivity contribution < 1.29 is 4.39 Å². The van der Waals surface area contributed by atoms with Crippen molar-refractivity contribution in [2.45, 2.75) is 13.0 Å². The van der Waals surface area contributed by atoms with Crippen molar-refractivity contribution in [3.63, 3.8) is 0 Å². The summed E-state index contributed by atoms with van der Waals surface area (Å²) in [6.45, 7) is 1.91. The van der Waals surface area contributed by atoms with E-state index in [2.05, 4.69) is 10.4 Å². The van der Waals surface area contributed by atoms with Crippen LogP contribution in [-0.4, -0.2) is 9.55 Å². The van der Waals surface area contributed by atoms with Crippen molar-refractivity contribution in [1.82, 2.24) is 15.0 Å². The van der Waals surface area contributed by atoms with Gasteiger partial charge in [-0.1, -0.05) is 17.7 Å². The van der Waals surface area contributed by atoms with Gasteiger partial charge in [0, 0.05) is 25.0 Å². The molecule has 2 aromatic rings. The van der Waals surface area contributed by atoms with E-state index in [4.69, 9.17) is 5.84 Å². The fraction of sp³-hybridized carbons (Fsp3) is 0.250. The van der Waals surface area contributed by atoms with Gasteiger partial charge < -0.3 is 4.57 Å². The standard InChI is InChI=1S/C12H15FN4/c1-8-3-4-10(13)9(7-8)11(16-14)12-15-5-6-17(12)2/h3-7,11,16H,14H2,1-2H3. The van der Waals surface area contributed by atoms with Gasteiger partial charge >= 0.3 is 0 Å². The summed E-state index contributed by atoms with van der Waals surface area (Å²) in [6, 6.07) is 4.49. The van der Waals surface area contributed by atoms with Crippen LogP contribution in [0.3, 0.4) is 0 Å². The number of rotatable bonds is 3. The van der Waals surface area contributed by atoms with Gasteiger partial charge in [0.15, 0.2) is 0 Å². The summed E-state index contributed by atoms with van der Waals surface area (Å²) in [5.41, 5.74) is 4.09. The van der Waals surface area contributed by atoms with Crippen molar-refractivity contribution in [3.8, 4) is 0 Å². The van der Waals surface area contributed by atoms with Gasteiger partial charge in [0.1, 0.15) is 17.7 Å². The minimum Gasteiger partial charge on any atom is -0.336 e. The van der Waals surface area contributed by atoms with E-state index in [1.165, 1.54) is 6.07 Å². The van der Waals surface area contributed by atoms with Crippen LogP contribution < -0.4 is 11.3 Å². The zero-order chi connectivity index (χ0) is 12.4. The van der Waals surface area contributed by atoms with Gasteiger partial charge in [-0.05, 0) is 13.0 Å². The van der Waals surface area contributed by atoms with E-state index >= 15 is 0 Å². The predicted molar refractivity (Wildman–Crippen MR) is 63.5 cm³/mol. The minimum atomic E-state index is -0.449. The fourth-order valence-electron chi connectivity index (χ4n) is 1.84. The first-order chi connectivity index (χ1) is 8.13. The number of halogens is 1. The Morgan fingerprint density at radius 3 is 2.82 bits per heavy atom. The van der Waals surface area contributed by atoms with Crippen LogP contribution in [0.2, 0.25) is 0 Å². The molecular weight excluding hydrogens is 219 g/mol. The smallest absolute Gasteiger partial charge is 0.131 e. The summed E-state index contributed by atoms with van der Waals surface area (Å²) >= 11 is 0. The summed E-state index contributed by atoms with van der Waals surface area (Å²) in [4.78, 5) is 4.19. The third-order valence-electron chi connectivity index (χ3n) is 2.75. The van der Waals surface area contributed by atoms with Crippen molar-refractivity contribution in [3.05, 3.63) is 53.4 Å². The molecule has 1 aromatic carbocycles. The lowest BCUT2D eigenvalue weighted by Crippen LogP contribution is -2.31. The summed E-state index contributed by atoms with van der Waals surface area (Å²) in [5, 5.41) is 0. The molecule has 4 nitrogen and oxygen atoms in total. The van der Waals surface area contributed by atoms with Gasteiger partial charge in [0.2, 0.25) is 0 Å². The SMILES string of the molecule is Cc1ccc(F)c(C(NN)c2nccn2C)c1. The van der Waals surface area contributed by atoms with Crippen molar-refractivity contribution in [2.75, 3.05) is 0 Å². The Morgan fingerprint density at radius 2 is 2.24 bits per heavy atom. The number of aromatic nitrogens is 2. The Kier molecular flexibility index (Phi) is 3.21. The quantitative estimate of drug-likeness (QED) is 0.624. The van der Waals surface area contributed by atoms with Gasteiger partial charge in [-0.15, -0.1) is 0 Å². The van der Waals surface area contributed by atoms with Crippen LogP contribution in [0.4, 0.5) is 4.39 Å². The third kappa shape index (κ3) is 2.20. The molecular formula is C12H15FN4. The van der Waals surface area contributed by atoms with Gasteiger partial charge in [-0.2, -0.15) is 0 Å². The van der Waals surface area contributed by atoms with E-state index in [1.807, 2.05) is 18.5 Å². The number of nitrogens with one attached hydrogen (secondary N) is 1. The Hall–Kier alpha value is -1.72. The van der Waals surface area contributed by atoms with Crippen molar-refractivity contribution >= 4 is 0 Å². The zero-order valence-electron chi connectivity index (χ0n) is 9.81. The predicted octanol–water partition coefficient (Wildman–Crippen LogP) is 1.42. The molecule has 0 fully saturated rings. The molecule has 0 aliphatic carbocycles. The summed E-state index contributed by atoms with van der Waals surface area (Å²) in [7, 11) is 1.85. The van der Waals surface area contributed by atoms with Crippen LogP contribution in [-0.2, 0) is 7.05 Å². The Bertz CT molecular complexity index is 521. The molecule has 0 spiro atoms. The Balaban J connectivity index is 2.49. The summed E-state index contributed by atoms with van der Waals surface area (Å²) in [6.07, 6.45) is 3.46. The Morgan fingerprint density at radius 1 is 1.47 bits per heavy atom. The maximum absolute atomic E-state index is 13.8. The molecule has 0 aliphatic heterocycles. The molecule has 2 rings (SSSR count). The van der Waals surface area contributed by atoms with E-state index in [-0.39, 0.29) is 5.82 Å². The van der Waals surface area contributed by atoms with Gasteiger partial charge in [-0.25, -0.2) is 14.8 Å². The molecule has 0 saturated carbocycles. The van der Waals surface area contributed by atoms with Gasteiger partial charge in [0.05, 0.1) is 0 Å². The fourth-order valence-corrected chi connectivity index (χ4v) is 1.84. The second kappa shape index (κ2) is 4.65. The number of nitrogens with zero attached hydrogens (tertiary/aromatic N) is 2. The maximum atomic E-state index is 13.8. The van der Waals surface area contributed by atoms with E-state index in [1.54, 1.807) is 24.5 Å². The van der Waals surface area contributed by atoms with Crippen LogP contribution in [0.5, 0.6) is 0 Å². The van der Waals surface area contributed by atoms with Crippen LogP contribution >= 0.6 is 0 Å². The van der Waals surface area contributed by atoms with Gasteiger partial charge in [0.25, 0.3) is 0 Å². The molecule has 1 atom stereocenters. The first-order valence-corrected chi connectivity index (χ1v) is 5.33. The Labute approximate surface area is 99.2 Å². The molecule has 3 N–H and O–H groups in total. The van der Waals surface area contributed by atoms with Crippen LogP contribution in [0, 0.1) is 12.7 Å². The average molecular weight is 234 g/mol. The molecule has 1 aromatic heterocycles. The lowest BCUT2D eigenvalue weighted by atomic mass is 10.0. The average Bonchev–Trinajstić information content (AvgIpc) is 2.71. The molecule has 90 valence electrons. The number of hydrazine groups is 1. The molecule has 5 heteroatoms. The zero-order valence-corrected chi connectivity index (χ0v) is 9.81. The highest BCUT2D eigenvalue weighted by Gasteiger charge is 2.20. The molecule has 0 amide bonds. The largest absolute Gasteiger partial charge is 0.336 e. The number of benzene rings is 1. The first-order valence-electron chi connectivity index (χ1n) is 5.33. The second-order valence-corrected chi connectivity index (χ2v) is 4.02. The number of imidazole rings is 1. The highest BCUT2D eigenvalue weighted by molar-refractivity contribution is 5.30. The molecule has 0 radical (unpaired) electrons. The number of nitrogens with two attached hydrogens (primary N) is 1. The monoisotopic (exact) mass is 234 g/mol. The number of hydrogen-bond donors (Lipinski definition) is 2. The topological polar surface area (TPSA) is 55.9 Å².